The van der Waals surface area contributed by atoms with Gasteiger partial charge in [0.25, 0.3) is 0 Å². The van der Waals surface area contributed by atoms with Crippen molar-refractivity contribution in [3.63, 3.8) is 0 Å². The number of hydrogen-bond donors (Lipinski definition) is 0. The molecule has 0 fully saturated rings. The van der Waals surface area contributed by atoms with Crippen LogP contribution in [0.3, 0.4) is 0 Å². The summed E-state index contributed by atoms with van der Waals surface area (Å²) in [7, 11) is -12.1. The Hall–Kier alpha value is -0.676. The molecule has 2 aromatic rings. The molecule has 0 aliphatic carbocycles. The Bertz CT molecular complexity index is 870. The van der Waals surface area contributed by atoms with Crippen LogP contribution in [-0.2, 0) is 34.0 Å². The molecule has 0 saturated heterocycles. The maximum Gasteiger partial charge on any atom is 0.379 e. The second kappa shape index (κ2) is 12.9. The molecule has 0 bridgehead atoms. The summed E-state index contributed by atoms with van der Waals surface area (Å²) in [6.45, 7) is 23.1. The highest BCUT2D eigenvalue weighted by atomic mass is 29.3. The van der Waals surface area contributed by atoms with Crippen LogP contribution in [0.5, 0.6) is 0 Å². The largest absolute Gasteiger partial charge is 0.437 e. The summed E-state index contributed by atoms with van der Waals surface area (Å²) in [6.07, 6.45) is 1.66. The molecule has 1 atom stereocenters. The molecule has 2 rings (SSSR count). The van der Waals surface area contributed by atoms with Crippen LogP contribution in [-0.4, -0.2) is 54.6 Å². The molecule has 0 aliphatic heterocycles. The van der Waals surface area contributed by atoms with Crippen LogP contribution in [0.1, 0.15) is 11.1 Å². The van der Waals surface area contributed by atoms with Crippen LogP contribution in [0.2, 0.25) is 65.5 Å². The van der Waals surface area contributed by atoms with Gasteiger partial charge in [-0.25, -0.2) is 0 Å². The highest BCUT2D eigenvalue weighted by molar-refractivity contribution is 7.33. The zero-order valence-corrected chi connectivity index (χ0v) is 29.1. The maximum atomic E-state index is 7.06. The van der Waals surface area contributed by atoms with Crippen molar-refractivity contribution in [2.75, 3.05) is 13.2 Å². The molecule has 0 aliphatic rings. The number of benzene rings is 2. The van der Waals surface area contributed by atoms with Gasteiger partial charge in [-0.3, -0.25) is 0 Å². The molecule has 0 saturated carbocycles. The minimum absolute atomic E-state index is 0.579. The van der Waals surface area contributed by atoms with Crippen molar-refractivity contribution in [1.29, 1.82) is 0 Å². The van der Waals surface area contributed by atoms with Crippen LogP contribution < -0.4 is 0 Å². The van der Waals surface area contributed by atoms with Gasteiger partial charge in [0.2, 0.25) is 0 Å². The highest BCUT2D eigenvalue weighted by Crippen LogP contribution is 2.32. The first kappa shape index (κ1) is 31.5. The van der Waals surface area contributed by atoms with Gasteiger partial charge in [-0.1, -0.05) is 60.7 Å². The smallest absolute Gasteiger partial charge is 0.379 e. The lowest BCUT2D eigenvalue weighted by Crippen LogP contribution is -2.73. The predicted octanol–water partition coefficient (Wildman–Crippen LogP) is 7.15. The second-order valence-corrected chi connectivity index (χ2v) is 35.5. The van der Waals surface area contributed by atoms with Gasteiger partial charge in [-0.05, 0) is 89.4 Å². The van der Waals surface area contributed by atoms with E-state index in [0.29, 0.717) is 13.2 Å². The third-order valence-electron chi connectivity index (χ3n) is 5.54. The molecule has 0 amide bonds. The van der Waals surface area contributed by atoms with E-state index in [9.17, 15) is 0 Å². The van der Waals surface area contributed by atoms with Crippen LogP contribution >= 0.6 is 0 Å². The van der Waals surface area contributed by atoms with Crippen molar-refractivity contribution in [1.82, 2.24) is 0 Å². The van der Waals surface area contributed by atoms with Crippen molar-refractivity contribution in [3.8, 4) is 0 Å². The molecule has 0 heterocycles. The van der Waals surface area contributed by atoms with Crippen LogP contribution in [0.25, 0.3) is 0 Å². The first-order valence-electron chi connectivity index (χ1n) is 13.0. The normalized spacial score (nSPS) is 15.1. The van der Waals surface area contributed by atoms with E-state index in [1.54, 1.807) is 0 Å². The lowest BCUT2D eigenvalue weighted by atomic mass is 10.2. The summed E-state index contributed by atoms with van der Waals surface area (Å²) in [6, 6.07) is 20.9. The van der Waals surface area contributed by atoms with Crippen LogP contribution in [0.15, 0.2) is 60.7 Å². The zero-order valence-electron chi connectivity index (χ0n) is 24.1. The Balaban J connectivity index is 2.33. The number of hydrogen-bond acceptors (Lipinski definition) is 5. The molecule has 10 heteroatoms. The first-order valence-corrected chi connectivity index (χ1v) is 28.3. The van der Waals surface area contributed by atoms with E-state index in [0.717, 1.165) is 12.8 Å². The summed E-state index contributed by atoms with van der Waals surface area (Å²) in [5.41, 5.74) is 2.51. The average molecular weight is 581 g/mol. The lowest BCUT2D eigenvalue weighted by Gasteiger charge is -2.47. The predicted molar refractivity (Wildman–Crippen MR) is 163 cm³/mol. The molecule has 2 aromatic carbocycles. The fourth-order valence-electron chi connectivity index (χ4n) is 4.34. The molecular weight excluding hydrogens is 533 g/mol. The minimum Gasteiger partial charge on any atom is -0.437 e. The van der Waals surface area contributed by atoms with Crippen molar-refractivity contribution in [2.45, 2.75) is 78.3 Å². The van der Waals surface area contributed by atoms with E-state index in [1.165, 1.54) is 11.1 Å². The molecule has 0 spiro atoms. The Labute approximate surface area is 225 Å². The molecule has 0 N–H and O–H groups in total. The monoisotopic (exact) mass is 580 g/mol. The molecule has 1 unspecified atom stereocenters. The Kier molecular flexibility index (Phi) is 11.3. The topological polar surface area (TPSA) is 46.2 Å². The quantitative estimate of drug-likeness (QED) is 0.209. The SMILES string of the molecule is C[Si](C)(C)O[Si](C)(C)O[Si](C)(O[Si](C)(C)C)[Si](C)(OCCc1ccccc1)OCCc1ccccc1. The van der Waals surface area contributed by atoms with Gasteiger partial charge in [0.1, 0.15) is 0 Å². The zero-order chi connectivity index (χ0) is 27.1. The summed E-state index contributed by atoms with van der Waals surface area (Å²) in [4.78, 5) is 0. The van der Waals surface area contributed by atoms with Crippen molar-refractivity contribution >= 4 is 41.4 Å². The Morgan fingerprint density at radius 2 is 0.861 bits per heavy atom. The van der Waals surface area contributed by atoms with Gasteiger partial charge >= 0.3 is 24.7 Å². The number of rotatable bonds is 15. The van der Waals surface area contributed by atoms with Crippen molar-refractivity contribution < 1.29 is 21.2 Å². The van der Waals surface area contributed by atoms with Crippen LogP contribution in [0, 0.1) is 0 Å². The van der Waals surface area contributed by atoms with Crippen LogP contribution in [0.4, 0.5) is 0 Å². The van der Waals surface area contributed by atoms with E-state index < -0.39 is 41.4 Å². The lowest BCUT2D eigenvalue weighted by molar-refractivity contribution is 0.176. The molecule has 0 radical (unpaired) electrons. The molecule has 36 heavy (non-hydrogen) atoms. The van der Waals surface area contributed by atoms with Gasteiger partial charge in [-0.2, -0.15) is 0 Å². The van der Waals surface area contributed by atoms with Gasteiger partial charge in [0, 0.05) is 13.2 Å². The summed E-state index contributed by atoms with van der Waals surface area (Å²) in [5.74, 6) is 0. The third kappa shape index (κ3) is 11.0. The molecular formula is C26H48O5Si5. The maximum absolute atomic E-state index is 7.06. The van der Waals surface area contributed by atoms with Crippen molar-refractivity contribution in [2.24, 2.45) is 0 Å². The molecule has 0 aromatic heterocycles. The molecule has 5 nitrogen and oxygen atoms in total. The van der Waals surface area contributed by atoms with Gasteiger partial charge < -0.3 is 21.2 Å². The average Bonchev–Trinajstić information content (AvgIpc) is 2.71. The van der Waals surface area contributed by atoms with Gasteiger partial charge in [-0.15, -0.1) is 0 Å². The Morgan fingerprint density at radius 1 is 0.472 bits per heavy atom. The third-order valence-corrected chi connectivity index (χ3v) is 28.3. The molecule has 202 valence electrons. The summed E-state index contributed by atoms with van der Waals surface area (Å²) in [5, 5.41) is 0. The minimum atomic E-state index is -2.93. The van der Waals surface area contributed by atoms with Crippen molar-refractivity contribution in [3.05, 3.63) is 71.8 Å². The van der Waals surface area contributed by atoms with E-state index >= 15 is 0 Å². The standard InChI is InChI=1S/C26H48O5Si5/c1-32(2,3)29-34(7,8)31-36(10,30-33(4,5)6)35(9,27-23-21-25-17-13-11-14-18-25)28-24-22-26-19-15-12-16-20-26/h11-20H,21-24H2,1-10H3. The van der Waals surface area contributed by atoms with Gasteiger partial charge in [0.15, 0.2) is 16.6 Å². The second-order valence-electron chi connectivity index (χ2n) is 12.0. The fourth-order valence-corrected chi connectivity index (χ4v) is 33.3. The van der Waals surface area contributed by atoms with E-state index in [2.05, 4.69) is 114 Å². The highest BCUT2D eigenvalue weighted by Gasteiger charge is 2.62. The fraction of sp³-hybridized carbons (Fsp3) is 0.538. The van der Waals surface area contributed by atoms with Gasteiger partial charge in [0.05, 0.1) is 0 Å². The first-order chi connectivity index (χ1) is 16.5. The summed E-state index contributed by atoms with van der Waals surface area (Å²) < 4.78 is 34.2. The van der Waals surface area contributed by atoms with E-state index in [4.69, 9.17) is 21.2 Å². The van der Waals surface area contributed by atoms with E-state index in [-0.39, 0.29) is 0 Å². The van der Waals surface area contributed by atoms with E-state index in [1.807, 2.05) is 12.1 Å². The summed E-state index contributed by atoms with van der Waals surface area (Å²) >= 11 is 0. The Morgan fingerprint density at radius 3 is 1.22 bits per heavy atom.